The van der Waals surface area contributed by atoms with Gasteiger partial charge in [-0.1, -0.05) is 25.5 Å². The fraction of sp³-hybridized carbons (Fsp3) is 0.500. The van der Waals surface area contributed by atoms with E-state index in [4.69, 9.17) is 9.84 Å². The first-order chi connectivity index (χ1) is 7.49. The molecule has 0 radical (unpaired) electrons. The van der Waals surface area contributed by atoms with Crippen molar-refractivity contribution in [2.45, 2.75) is 33.6 Å². The molecule has 1 N–H and O–H groups in total. The number of carboxylic acids is 1. The Morgan fingerprint density at radius 2 is 1.75 bits per heavy atom. The van der Waals surface area contributed by atoms with Crippen molar-refractivity contribution in [3.63, 3.8) is 0 Å². The summed E-state index contributed by atoms with van der Waals surface area (Å²) in [5.74, 6) is -1.40. The van der Waals surface area contributed by atoms with Gasteiger partial charge in [-0.15, -0.1) is 0 Å². The standard InChI is InChI=1S/C12H18O4/c1-4-5-8-16-12(15)10(3)7-6-9(2)11(13)14/h6-7H,4-5,8H2,1-3H3,(H,13,14)/b9-6+,10-7+. The van der Waals surface area contributed by atoms with Crippen LogP contribution in [0.15, 0.2) is 23.3 Å². The van der Waals surface area contributed by atoms with Gasteiger partial charge in [0.15, 0.2) is 0 Å². The van der Waals surface area contributed by atoms with Crippen LogP contribution in [-0.2, 0) is 14.3 Å². The summed E-state index contributed by atoms with van der Waals surface area (Å²) in [5, 5.41) is 8.59. The molecular formula is C12H18O4. The van der Waals surface area contributed by atoms with Crippen molar-refractivity contribution in [3.05, 3.63) is 23.3 Å². The Hall–Kier alpha value is -1.58. The van der Waals surface area contributed by atoms with E-state index in [1.807, 2.05) is 6.92 Å². The molecule has 0 aliphatic carbocycles. The normalized spacial score (nSPS) is 12.4. The molecule has 0 amide bonds. The maximum Gasteiger partial charge on any atom is 0.333 e. The highest BCUT2D eigenvalue weighted by Gasteiger charge is 2.04. The van der Waals surface area contributed by atoms with Crippen LogP contribution in [0.25, 0.3) is 0 Å². The van der Waals surface area contributed by atoms with E-state index in [1.54, 1.807) is 6.92 Å². The third-order valence-corrected chi connectivity index (χ3v) is 1.97. The van der Waals surface area contributed by atoms with E-state index in [2.05, 4.69) is 0 Å². The topological polar surface area (TPSA) is 63.6 Å². The molecule has 0 bridgehead atoms. The molecule has 0 unspecified atom stereocenters. The number of carbonyl (C=O) groups is 2. The molecule has 0 heterocycles. The Morgan fingerprint density at radius 3 is 2.25 bits per heavy atom. The highest BCUT2D eigenvalue weighted by atomic mass is 16.5. The van der Waals surface area contributed by atoms with Crippen molar-refractivity contribution in [2.24, 2.45) is 0 Å². The quantitative estimate of drug-likeness (QED) is 0.327. The van der Waals surface area contributed by atoms with Gasteiger partial charge in [0.2, 0.25) is 0 Å². The summed E-state index contributed by atoms with van der Waals surface area (Å²) < 4.78 is 4.95. The van der Waals surface area contributed by atoms with Crippen LogP contribution in [0.2, 0.25) is 0 Å². The number of allylic oxidation sites excluding steroid dienone is 2. The van der Waals surface area contributed by atoms with E-state index in [-0.39, 0.29) is 5.57 Å². The number of aliphatic carboxylic acids is 1. The molecule has 0 aromatic heterocycles. The van der Waals surface area contributed by atoms with Gasteiger partial charge in [0.05, 0.1) is 6.61 Å². The van der Waals surface area contributed by atoms with Crippen LogP contribution >= 0.6 is 0 Å². The first-order valence-corrected chi connectivity index (χ1v) is 5.24. The van der Waals surface area contributed by atoms with Crippen LogP contribution in [0.3, 0.4) is 0 Å². The fourth-order valence-corrected chi connectivity index (χ4v) is 0.812. The summed E-state index contributed by atoms with van der Waals surface area (Å²) >= 11 is 0. The van der Waals surface area contributed by atoms with Crippen molar-refractivity contribution in [2.75, 3.05) is 6.61 Å². The smallest absolute Gasteiger partial charge is 0.333 e. The zero-order chi connectivity index (χ0) is 12.6. The Balaban J connectivity index is 4.27. The number of rotatable bonds is 6. The zero-order valence-corrected chi connectivity index (χ0v) is 9.95. The molecule has 0 atom stereocenters. The van der Waals surface area contributed by atoms with Gasteiger partial charge in [0.25, 0.3) is 0 Å². The fourth-order valence-electron chi connectivity index (χ4n) is 0.812. The number of carbonyl (C=O) groups excluding carboxylic acids is 1. The number of esters is 1. The Bertz CT molecular complexity index is 313. The van der Waals surface area contributed by atoms with E-state index in [1.165, 1.54) is 19.1 Å². The molecule has 16 heavy (non-hydrogen) atoms. The Labute approximate surface area is 95.6 Å². The molecular weight excluding hydrogens is 208 g/mol. The lowest BCUT2D eigenvalue weighted by Gasteiger charge is -2.02. The van der Waals surface area contributed by atoms with Crippen molar-refractivity contribution >= 4 is 11.9 Å². The molecule has 0 aromatic carbocycles. The molecule has 0 spiro atoms. The van der Waals surface area contributed by atoms with Crippen LogP contribution in [0, 0.1) is 0 Å². The number of carboxylic acid groups (broad SMARTS) is 1. The summed E-state index contributed by atoms with van der Waals surface area (Å²) in [4.78, 5) is 21.8. The number of hydrogen-bond acceptors (Lipinski definition) is 3. The highest BCUT2D eigenvalue weighted by Crippen LogP contribution is 2.01. The maximum atomic E-state index is 11.3. The Kier molecular flexibility index (Phi) is 6.92. The van der Waals surface area contributed by atoms with E-state index < -0.39 is 11.9 Å². The summed E-state index contributed by atoms with van der Waals surface area (Å²) in [7, 11) is 0. The van der Waals surface area contributed by atoms with Gasteiger partial charge in [-0.2, -0.15) is 0 Å². The predicted molar refractivity (Wildman–Crippen MR) is 61.0 cm³/mol. The average Bonchev–Trinajstić information content (AvgIpc) is 2.25. The van der Waals surface area contributed by atoms with Gasteiger partial charge in [-0.05, 0) is 20.3 Å². The Morgan fingerprint density at radius 1 is 1.19 bits per heavy atom. The zero-order valence-electron chi connectivity index (χ0n) is 9.95. The van der Waals surface area contributed by atoms with E-state index in [0.29, 0.717) is 12.2 Å². The minimum atomic E-state index is -0.997. The van der Waals surface area contributed by atoms with Crippen LogP contribution in [0.4, 0.5) is 0 Å². The van der Waals surface area contributed by atoms with Crippen LogP contribution in [0.1, 0.15) is 33.6 Å². The lowest BCUT2D eigenvalue weighted by Crippen LogP contribution is -2.06. The van der Waals surface area contributed by atoms with Crippen molar-refractivity contribution < 1.29 is 19.4 Å². The molecule has 4 nitrogen and oxygen atoms in total. The summed E-state index contributed by atoms with van der Waals surface area (Å²) in [6, 6.07) is 0. The number of hydrogen-bond donors (Lipinski definition) is 1. The second kappa shape index (κ2) is 7.68. The second-order valence-corrected chi connectivity index (χ2v) is 3.49. The van der Waals surface area contributed by atoms with Crippen LogP contribution in [0.5, 0.6) is 0 Å². The molecule has 0 rings (SSSR count). The van der Waals surface area contributed by atoms with Gasteiger partial charge in [0, 0.05) is 11.1 Å². The highest BCUT2D eigenvalue weighted by molar-refractivity contribution is 5.89. The van der Waals surface area contributed by atoms with Gasteiger partial charge < -0.3 is 9.84 Å². The first kappa shape index (κ1) is 14.4. The summed E-state index contributed by atoms with van der Waals surface area (Å²) in [6.07, 6.45) is 4.65. The SMILES string of the molecule is CCCCOC(=O)/C(C)=C/C=C(\C)C(=O)O. The monoisotopic (exact) mass is 226 g/mol. The van der Waals surface area contributed by atoms with Gasteiger partial charge >= 0.3 is 11.9 Å². The molecule has 0 saturated carbocycles. The molecule has 0 saturated heterocycles. The van der Waals surface area contributed by atoms with Gasteiger partial charge in [-0.3, -0.25) is 0 Å². The molecule has 0 fully saturated rings. The summed E-state index contributed by atoms with van der Waals surface area (Å²) in [5.41, 5.74) is 0.581. The molecule has 0 aliphatic rings. The van der Waals surface area contributed by atoms with Gasteiger partial charge in [0.1, 0.15) is 0 Å². The first-order valence-electron chi connectivity index (χ1n) is 5.24. The summed E-state index contributed by atoms with van der Waals surface area (Å²) in [6.45, 7) is 5.48. The molecule has 4 heteroatoms. The average molecular weight is 226 g/mol. The third kappa shape index (κ3) is 6.01. The minimum Gasteiger partial charge on any atom is -0.478 e. The maximum absolute atomic E-state index is 11.3. The minimum absolute atomic E-state index is 0.181. The van der Waals surface area contributed by atoms with Crippen molar-refractivity contribution in [3.8, 4) is 0 Å². The predicted octanol–water partition coefficient (Wildman–Crippen LogP) is 2.31. The van der Waals surface area contributed by atoms with E-state index in [9.17, 15) is 9.59 Å². The van der Waals surface area contributed by atoms with Crippen molar-refractivity contribution in [1.29, 1.82) is 0 Å². The van der Waals surface area contributed by atoms with E-state index >= 15 is 0 Å². The second-order valence-electron chi connectivity index (χ2n) is 3.49. The molecule has 90 valence electrons. The van der Waals surface area contributed by atoms with E-state index in [0.717, 1.165) is 12.8 Å². The molecule has 0 aliphatic heterocycles. The number of ether oxygens (including phenoxy) is 1. The lowest BCUT2D eigenvalue weighted by atomic mass is 10.2. The largest absolute Gasteiger partial charge is 0.478 e. The molecule has 0 aromatic rings. The lowest BCUT2D eigenvalue weighted by molar-refractivity contribution is -0.139. The van der Waals surface area contributed by atoms with Crippen molar-refractivity contribution in [1.82, 2.24) is 0 Å². The van der Waals surface area contributed by atoms with Gasteiger partial charge in [-0.25, -0.2) is 9.59 Å². The third-order valence-electron chi connectivity index (χ3n) is 1.97. The van der Waals surface area contributed by atoms with Crippen LogP contribution in [-0.4, -0.2) is 23.7 Å². The number of unbranched alkanes of at least 4 members (excludes halogenated alkanes) is 1. The van der Waals surface area contributed by atoms with Crippen LogP contribution < -0.4 is 0 Å².